The number of hydrogen-bond acceptors (Lipinski definition) is 3. The van der Waals surface area contributed by atoms with Crippen molar-refractivity contribution >= 4 is 11.6 Å². The molecule has 2 aliphatic rings. The molecule has 4 nitrogen and oxygen atoms in total. The average molecular weight is 344 g/mol. The largest absolute Gasteiger partial charge is 0.369 e. The highest BCUT2D eigenvalue weighted by Gasteiger charge is 2.28. The van der Waals surface area contributed by atoms with E-state index in [-0.39, 0.29) is 11.4 Å². The molecule has 25 heavy (non-hydrogen) atoms. The van der Waals surface area contributed by atoms with Crippen LogP contribution in [0.2, 0.25) is 0 Å². The number of carbonyl (C=O) groups excluding carboxylic acids is 1. The van der Waals surface area contributed by atoms with Crippen LogP contribution in [-0.2, 0) is 0 Å². The molecule has 1 aliphatic heterocycles. The minimum absolute atomic E-state index is 0.0242. The van der Waals surface area contributed by atoms with E-state index in [4.69, 9.17) is 0 Å². The first-order chi connectivity index (χ1) is 12.1. The number of rotatable bonds is 5. The van der Waals surface area contributed by atoms with Gasteiger partial charge in [-0.2, -0.15) is 0 Å². The maximum Gasteiger partial charge on any atom is 0.251 e. The van der Waals surface area contributed by atoms with Crippen molar-refractivity contribution < 1.29 is 4.79 Å². The van der Waals surface area contributed by atoms with E-state index in [1.54, 1.807) is 0 Å². The van der Waals surface area contributed by atoms with E-state index in [1.165, 1.54) is 37.9 Å². The normalized spacial score (nSPS) is 21.1. The Hall–Kier alpha value is -1.55. The molecule has 4 heteroatoms. The molecule has 0 aromatic heterocycles. The summed E-state index contributed by atoms with van der Waals surface area (Å²) in [7, 11) is 0. The monoisotopic (exact) mass is 343 g/mol. The van der Waals surface area contributed by atoms with E-state index in [0.29, 0.717) is 0 Å². The van der Waals surface area contributed by atoms with E-state index in [1.807, 2.05) is 12.1 Å². The van der Waals surface area contributed by atoms with Crippen LogP contribution in [0.3, 0.4) is 0 Å². The van der Waals surface area contributed by atoms with Crippen LogP contribution in [0.4, 0.5) is 5.69 Å². The van der Waals surface area contributed by atoms with Crippen LogP contribution in [0, 0.1) is 0 Å². The zero-order chi connectivity index (χ0) is 17.7. The third-order valence-corrected chi connectivity index (χ3v) is 5.78. The Morgan fingerprint density at radius 3 is 2.28 bits per heavy atom. The van der Waals surface area contributed by atoms with Crippen molar-refractivity contribution in [3.63, 3.8) is 0 Å². The molecule has 0 bridgehead atoms. The number of hydrogen-bond donors (Lipinski definition) is 1. The van der Waals surface area contributed by atoms with Gasteiger partial charge in [-0.15, -0.1) is 0 Å². The maximum atomic E-state index is 12.6. The molecular weight excluding hydrogens is 310 g/mol. The Morgan fingerprint density at radius 2 is 1.68 bits per heavy atom. The second kappa shape index (κ2) is 8.22. The molecule has 1 aromatic carbocycles. The standard InChI is InChI=1S/C21H33N3O/c1-3-13-23-14-16-24(17-15-23)19-9-7-18(8-10-19)20(25)22-21(2)11-5-4-6-12-21/h7-10H,3-6,11-17H2,1-2H3,(H,22,25). The van der Waals surface area contributed by atoms with Crippen molar-refractivity contribution in [2.75, 3.05) is 37.6 Å². The number of anilines is 1. The molecule has 1 aliphatic carbocycles. The summed E-state index contributed by atoms with van der Waals surface area (Å²) in [5.74, 6) is 0.0729. The highest BCUT2D eigenvalue weighted by Crippen LogP contribution is 2.28. The molecule has 1 saturated heterocycles. The lowest BCUT2D eigenvalue weighted by Crippen LogP contribution is -2.47. The molecule has 0 spiro atoms. The van der Waals surface area contributed by atoms with Crippen molar-refractivity contribution in [1.82, 2.24) is 10.2 Å². The molecule has 2 fully saturated rings. The first-order valence-electron chi connectivity index (χ1n) is 9.99. The molecular formula is C21H33N3O. The Balaban J connectivity index is 1.56. The number of benzene rings is 1. The van der Waals surface area contributed by atoms with Gasteiger partial charge in [-0.05, 0) is 57.0 Å². The summed E-state index contributed by atoms with van der Waals surface area (Å²) in [5.41, 5.74) is 1.99. The van der Waals surface area contributed by atoms with Crippen LogP contribution in [0.1, 0.15) is 62.7 Å². The van der Waals surface area contributed by atoms with Gasteiger partial charge in [0.1, 0.15) is 0 Å². The molecule has 0 radical (unpaired) electrons. The summed E-state index contributed by atoms with van der Waals surface area (Å²) in [6.45, 7) is 10.0. The number of nitrogens with zero attached hydrogens (tertiary/aromatic N) is 2. The molecule has 138 valence electrons. The predicted molar refractivity (Wildman–Crippen MR) is 104 cm³/mol. The van der Waals surface area contributed by atoms with E-state index < -0.39 is 0 Å². The second-order valence-corrected chi connectivity index (χ2v) is 7.95. The number of nitrogens with one attached hydrogen (secondary N) is 1. The minimum atomic E-state index is -0.0242. The first kappa shape index (κ1) is 18.2. The predicted octanol–water partition coefficient (Wildman–Crippen LogP) is 3.67. The van der Waals surface area contributed by atoms with Gasteiger partial charge >= 0.3 is 0 Å². The Morgan fingerprint density at radius 1 is 1.04 bits per heavy atom. The summed E-state index contributed by atoms with van der Waals surface area (Å²) in [4.78, 5) is 17.5. The van der Waals surface area contributed by atoms with Gasteiger partial charge in [0.05, 0.1) is 0 Å². The summed E-state index contributed by atoms with van der Waals surface area (Å²) in [6.07, 6.45) is 7.16. The Labute approximate surface area is 152 Å². The van der Waals surface area contributed by atoms with Crippen molar-refractivity contribution in [2.45, 2.75) is 57.9 Å². The van der Waals surface area contributed by atoms with Gasteiger partial charge < -0.3 is 10.2 Å². The van der Waals surface area contributed by atoms with Crippen molar-refractivity contribution in [3.8, 4) is 0 Å². The number of amides is 1. The quantitative estimate of drug-likeness (QED) is 0.886. The zero-order valence-electron chi connectivity index (χ0n) is 15.9. The van der Waals surface area contributed by atoms with Crippen molar-refractivity contribution in [1.29, 1.82) is 0 Å². The van der Waals surface area contributed by atoms with Crippen LogP contribution in [0.15, 0.2) is 24.3 Å². The van der Waals surface area contributed by atoms with Crippen molar-refractivity contribution in [2.24, 2.45) is 0 Å². The molecule has 0 atom stereocenters. The van der Waals surface area contributed by atoms with E-state index >= 15 is 0 Å². The zero-order valence-corrected chi connectivity index (χ0v) is 15.9. The fraction of sp³-hybridized carbons (Fsp3) is 0.667. The molecule has 1 amide bonds. The van der Waals surface area contributed by atoms with Crippen LogP contribution in [0.5, 0.6) is 0 Å². The molecule has 1 N–H and O–H groups in total. The fourth-order valence-corrected chi connectivity index (χ4v) is 4.17. The molecule has 1 aromatic rings. The van der Waals surface area contributed by atoms with E-state index in [0.717, 1.165) is 44.6 Å². The van der Waals surface area contributed by atoms with Crippen molar-refractivity contribution in [3.05, 3.63) is 29.8 Å². The molecule has 1 saturated carbocycles. The molecule has 0 unspecified atom stereocenters. The van der Waals surface area contributed by atoms with Gasteiger partial charge in [-0.25, -0.2) is 0 Å². The highest BCUT2D eigenvalue weighted by atomic mass is 16.1. The van der Waals surface area contributed by atoms with Gasteiger partial charge in [0.25, 0.3) is 5.91 Å². The summed E-state index contributed by atoms with van der Waals surface area (Å²) in [5, 5.41) is 3.27. The highest BCUT2D eigenvalue weighted by molar-refractivity contribution is 5.95. The smallest absolute Gasteiger partial charge is 0.251 e. The van der Waals surface area contributed by atoms with Gasteiger partial charge in [0, 0.05) is 43.0 Å². The van der Waals surface area contributed by atoms with Crippen LogP contribution in [-0.4, -0.2) is 49.1 Å². The summed E-state index contributed by atoms with van der Waals surface area (Å²) >= 11 is 0. The van der Waals surface area contributed by atoms with Gasteiger partial charge in [0.2, 0.25) is 0 Å². The first-order valence-corrected chi connectivity index (χ1v) is 9.99. The van der Waals surface area contributed by atoms with E-state index in [2.05, 4.69) is 41.1 Å². The number of piperazine rings is 1. The third kappa shape index (κ3) is 4.75. The minimum Gasteiger partial charge on any atom is -0.369 e. The lowest BCUT2D eigenvalue weighted by Gasteiger charge is -2.36. The summed E-state index contributed by atoms with van der Waals surface area (Å²) < 4.78 is 0. The van der Waals surface area contributed by atoms with Crippen LogP contribution >= 0.6 is 0 Å². The molecule has 3 rings (SSSR count). The van der Waals surface area contributed by atoms with Gasteiger partial charge in [-0.1, -0.05) is 26.2 Å². The molecule has 1 heterocycles. The number of carbonyl (C=O) groups is 1. The second-order valence-electron chi connectivity index (χ2n) is 7.95. The Kier molecular flexibility index (Phi) is 6.00. The van der Waals surface area contributed by atoms with Gasteiger partial charge in [0.15, 0.2) is 0 Å². The Bertz CT molecular complexity index is 555. The van der Waals surface area contributed by atoms with Crippen LogP contribution in [0.25, 0.3) is 0 Å². The average Bonchev–Trinajstić information content (AvgIpc) is 2.63. The topological polar surface area (TPSA) is 35.6 Å². The fourth-order valence-electron chi connectivity index (χ4n) is 4.17. The maximum absolute atomic E-state index is 12.6. The van der Waals surface area contributed by atoms with Crippen LogP contribution < -0.4 is 10.2 Å². The third-order valence-electron chi connectivity index (χ3n) is 5.78. The van der Waals surface area contributed by atoms with E-state index in [9.17, 15) is 4.79 Å². The SMILES string of the molecule is CCCN1CCN(c2ccc(C(=O)NC3(C)CCCCC3)cc2)CC1. The van der Waals surface area contributed by atoms with Gasteiger partial charge in [-0.3, -0.25) is 9.69 Å². The lowest BCUT2D eigenvalue weighted by atomic mass is 9.83. The lowest BCUT2D eigenvalue weighted by molar-refractivity contribution is 0.0882. The summed E-state index contributed by atoms with van der Waals surface area (Å²) in [6, 6.07) is 8.17.